The molecule has 0 aliphatic heterocycles. The molecule has 0 fully saturated rings. The molecule has 0 saturated carbocycles. The molecule has 17 heavy (non-hydrogen) atoms. The van der Waals surface area contributed by atoms with Gasteiger partial charge in [0.15, 0.2) is 5.82 Å². The summed E-state index contributed by atoms with van der Waals surface area (Å²) in [4.78, 5) is 4.13. The molecule has 0 unspecified atom stereocenters. The first-order valence-corrected chi connectivity index (χ1v) is 6.39. The van der Waals surface area contributed by atoms with E-state index in [0.29, 0.717) is 5.16 Å². The first-order chi connectivity index (χ1) is 8.29. The van der Waals surface area contributed by atoms with Gasteiger partial charge in [0.1, 0.15) is 0 Å². The average molecular weight is 246 g/mol. The lowest BCUT2D eigenvalue weighted by molar-refractivity contribution is 0.717. The zero-order valence-corrected chi connectivity index (χ0v) is 10.8. The monoisotopic (exact) mass is 246 g/mol. The second-order valence-corrected chi connectivity index (χ2v) is 4.49. The SMILES string of the molecule is CCCCCc1ccc(-c2nc([S-])n[nH]2)cc1. The van der Waals surface area contributed by atoms with Gasteiger partial charge in [-0.2, -0.15) is 5.10 Å². The van der Waals surface area contributed by atoms with Crippen molar-refractivity contribution in [1.82, 2.24) is 15.2 Å². The van der Waals surface area contributed by atoms with Crippen LogP contribution < -0.4 is 0 Å². The molecule has 1 aromatic carbocycles. The molecule has 1 heterocycles. The quantitative estimate of drug-likeness (QED) is 0.651. The molecule has 0 amide bonds. The van der Waals surface area contributed by atoms with Gasteiger partial charge in [-0.15, -0.1) is 0 Å². The summed E-state index contributed by atoms with van der Waals surface area (Å²) >= 11 is 4.88. The fraction of sp³-hybridized carbons (Fsp3) is 0.385. The molecule has 2 aromatic rings. The van der Waals surface area contributed by atoms with Gasteiger partial charge in [-0.3, -0.25) is 5.10 Å². The maximum absolute atomic E-state index is 4.88. The number of aromatic nitrogens is 3. The van der Waals surface area contributed by atoms with Crippen molar-refractivity contribution in [1.29, 1.82) is 0 Å². The Morgan fingerprint density at radius 3 is 2.53 bits per heavy atom. The minimum Gasteiger partial charge on any atom is -0.738 e. The number of nitrogens with one attached hydrogen (secondary N) is 1. The van der Waals surface area contributed by atoms with E-state index >= 15 is 0 Å². The van der Waals surface area contributed by atoms with E-state index in [1.54, 1.807) is 0 Å². The molecule has 1 aromatic heterocycles. The minimum absolute atomic E-state index is 0.368. The van der Waals surface area contributed by atoms with Gasteiger partial charge in [0.05, 0.1) is 0 Å². The summed E-state index contributed by atoms with van der Waals surface area (Å²) in [6, 6.07) is 8.43. The summed E-state index contributed by atoms with van der Waals surface area (Å²) in [5, 5.41) is 7.05. The third-order valence-electron chi connectivity index (χ3n) is 2.76. The number of benzene rings is 1. The summed E-state index contributed by atoms with van der Waals surface area (Å²) in [6.07, 6.45) is 4.96. The lowest BCUT2D eigenvalue weighted by atomic mass is 10.1. The van der Waals surface area contributed by atoms with Crippen molar-refractivity contribution in [2.75, 3.05) is 0 Å². The van der Waals surface area contributed by atoms with Crippen LogP contribution in [0.4, 0.5) is 0 Å². The maximum Gasteiger partial charge on any atom is 0.153 e. The number of unbranched alkanes of at least 4 members (excludes halogenated alkanes) is 2. The topological polar surface area (TPSA) is 41.6 Å². The molecule has 0 aliphatic carbocycles. The Kier molecular flexibility index (Phi) is 4.09. The molecule has 2 rings (SSSR count). The van der Waals surface area contributed by atoms with Crippen molar-refractivity contribution in [3.05, 3.63) is 29.8 Å². The summed E-state index contributed by atoms with van der Waals surface area (Å²) in [7, 11) is 0. The van der Waals surface area contributed by atoms with Gasteiger partial charge in [0.25, 0.3) is 0 Å². The predicted octanol–water partition coefficient (Wildman–Crippen LogP) is 3.11. The molecule has 0 aliphatic rings. The zero-order valence-electron chi connectivity index (χ0n) is 9.94. The Hall–Kier alpha value is -1.42. The largest absolute Gasteiger partial charge is 0.738 e. The summed E-state index contributed by atoms with van der Waals surface area (Å²) in [6.45, 7) is 2.22. The van der Waals surface area contributed by atoms with E-state index in [9.17, 15) is 0 Å². The van der Waals surface area contributed by atoms with Crippen molar-refractivity contribution in [2.45, 2.75) is 37.8 Å². The molecular formula is C13H16N3S-. The van der Waals surface area contributed by atoms with E-state index in [-0.39, 0.29) is 0 Å². The van der Waals surface area contributed by atoms with Crippen LogP contribution >= 0.6 is 0 Å². The van der Waals surface area contributed by atoms with Crippen LogP contribution in [-0.4, -0.2) is 15.2 Å². The second-order valence-electron chi connectivity index (χ2n) is 4.12. The van der Waals surface area contributed by atoms with Gasteiger partial charge in [-0.1, -0.05) is 44.0 Å². The Morgan fingerprint density at radius 2 is 1.94 bits per heavy atom. The van der Waals surface area contributed by atoms with Crippen LogP contribution in [0.5, 0.6) is 0 Å². The number of hydrogen-bond donors (Lipinski definition) is 1. The highest BCUT2D eigenvalue weighted by molar-refractivity contribution is 7.58. The third-order valence-corrected chi connectivity index (χ3v) is 2.94. The standard InChI is InChI=1S/C13H17N3S/c1-2-3-4-5-10-6-8-11(9-7-10)12-14-13(17)16-15-12/h6-9H,2-5H2,1H3,(H2,14,15,16,17)/p-1. The van der Waals surface area contributed by atoms with Gasteiger partial charge in [-0.05, 0) is 18.4 Å². The van der Waals surface area contributed by atoms with E-state index < -0.39 is 0 Å². The predicted molar refractivity (Wildman–Crippen MR) is 70.7 cm³/mol. The van der Waals surface area contributed by atoms with Crippen molar-refractivity contribution >= 4 is 12.6 Å². The van der Waals surface area contributed by atoms with E-state index in [1.165, 1.54) is 24.8 Å². The van der Waals surface area contributed by atoms with Crippen molar-refractivity contribution in [3.8, 4) is 11.4 Å². The highest BCUT2D eigenvalue weighted by Crippen LogP contribution is 2.16. The maximum atomic E-state index is 4.88. The van der Waals surface area contributed by atoms with E-state index in [4.69, 9.17) is 12.6 Å². The molecule has 3 nitrogen and oxygen atoms in total. The molecule has 0 saturated heterocycles. The molecule has 0 bridgehead atoms. The van der Waals surface area contributed by atoms with Gasteiger partial charge >= 0.3 is 0 Å². The first kappa shape index (κ1) is 12.0. The number of aromatic amines is 1. The van der Waals surface area contributed by atoms with Crippen LogP contribution in [-0.2, 0) is 19.0 Å². The first-order valence-electron chi connectivity index (χ1n) is 5.98. The minimum atomic E-state index is 0.368. The smallest absolute Gasteiger partial charge is 0.153 e. The van der Waals surface area contributed by atoms with Gasteiger partial charge < -0.3 is 12.6 Å². The Balaban J connectivity index is 2.02. The van der Waals surface area contributed by atoms with Gasteiger partial charge in [-0.25, -0.2) is 4.98 Å². The molecule has 4 heteroatoms. The Morgan fingerprint density at radius 1 is 1.18 bits per heavy atom. The zero-order chi connectivity index (χ0) is 12.1. The third kappa shape index (κ3) is 3.27. The summed E-state index contributed by atoms with van der Waals surface area (Å²) < 4.78 is 0. The second kappa shape index (κ2) is 5.77. The van der Waals surface area contributed by atoms with Crippen LogP contribution in [0.25, 0.3) is 11.4 Å². The number of H-pyrrole nitrogens is 1. The number of rotatable bonds is 5. The van der Waals surface area contributed by atoms with Crippen molar-refractivity contribution in [2.24, 2.45) is 0 Å². The molecule has 0 radical (unpaired) electrons. The lowest BCUT2D eigenvalue weighted by Crippen LogP contribution is -1.86. The van der Waals surface area contributed by atoms with Crippen LogP contribution in [0.3, 0.4) is 0 Å². The van der Waals surface area contributed by atoms with Gasteiger partial charge in [0, 0.05) is 10.7 Å². The van der Waals surface area contributed by atoms with E-state index in [0.717, 1.165) is 17.8 Å². The van der Waals surface area contributed by atoms with E-state index in [1.807, 2.05) is 0 Å². The highest BCUT2D eigenvalue weighted by Gasteiger charge is 2.00. The number of nitrogens with zero attached hydrogens (tertiary/aromatic N) is 2. The highest BCUT2D eigenvalue weighted by atomic mass is 32.1. The average Bonchev–Trinajstić information content (AvgIpc) is 2.77. The summed E-state index contributed by atoms with van der Waals surface area (Å²) in [5.41, 5.74) is 2.41. The van der Waals surface area contributed by atoms with Crippen LogP contribution in [0.1, 0.15) is 31.7 Å². The molecule has 0 atom stereocenters. The van der Waals surface area contributed by atoms with Crippen molar-refractivity contribution in [3.63, 3.8) is 0 Å². The molecule has 90 valence electrons. The van der Waals surface area contributed by atoms with Crippen LogP contribution in [0.15, 0.2) is 29.4 Å². The summed E-state index contributed by atoms with van der Waals surface area (Å²) in [5.74, 6) is 0.745. The molecule has 1 N–H and O–H groups in total. The van der Waals surface area contributed by atoms with Crippen LogP contribution in [0.2, 0.25) is 0 Å². The number of hydrogen-bond acceptors (Lipinski definition) is 3. The molecular weight excluding hydrogens is 230 g/mol. The Labute approximate surface area is 107 Å². The number of aryl methyl sites for hydroxylation is 1. The Bertz CT molecular complexity index is 462. The lowest BCUT2D eigenvalue weighted by Gasteiger charge is -2.02. The fourth-order valence-electron chi connectivity index (χ4n) is 1.78. The van der Waals surface area contributed by atoms with Gasteiger partial charge in [0.2, 0.25) is 0 Å². The normalized spacial score (nSPS) is 10.6. The van der Waals surface area contributed by atoms with E-state index in [2.05, 4.69) is 46.4 Å². The van der Waals surface area contributed by atoms with Crippen molar-refractivity contribution < 1.29 is 0 Å². The molecule has 0 spiro atoms. The van der Waals surface area contributed by atoms with Crippen LogP contribution in [0, 0.1) is 0 Å². The fourth-order valence-corrected chi connectivity index (χ4v) is 1.92.